The maximum absolute atomic E-state index is 2.26. The molecular formula is C8H14NP. The van der Waals surface area contributed by atoms with E-state index in [-0.39, 0.29) is 0 Å². The number of aromatic nitrogens is 1. The van der Waals surface area contributed by atoms with E-state index in [0.717, 1.165) is 8.73 Å². The Morgan fingerprint density at radius 2 is 1.60 bits per heavy atom. The molecule has 2 heteroatoms. The fourth-order valence-corrected chi connectivity index (χ4v) is 1.89. The van der Waals surface area contributed by atoms with Crippen LogP contribution in [0.3, 0.4) is 0 Å². The molecule has 0 aliphatic heterocycles. The van der Waals surface area contributed by atoms with Gasteiger partial charge in [-0.15, -0.1) is 0 Å². The fourth-order valence-electron chi connectivity index (χ4n) is 0.796. The van der Waals surface area contributed by atoms with E-state index in [4.69, 9.17) is 0 Å². The van der Waals surface area contributed by atoms with Crippen molar-refractivity contribution in [2.75, 3.05) is 0 Å². The normalized spacial score (nSPS) is 13.1. The van der Waals surface area contributed by atoms with E-state index in [9.17, 15) is 0 Å². The van der Waals surface area contributed by atoms with E-state index < -0.39 is 0 Å². The van der Waals surface area contributed by atoms with E-state index in [1.54, 1.807) is 0 Å². The van der Waals surface area contributed by atoms with Crippen LogP contribution in [0.15, 0.2) is 24.5 Å². The van der Waals surface area contributed by atoms with Gasteiger partial charge in [0.15, 0.2) is 0 Å². The molecule has 0 N–H and O–H groups in total. The number of nitrogens with zero attached hydrogens (tertiary/aromatic N) is 1. The molecule has 0 spiro atoms. The molecule has 0 aromatic carbocycles. The Kier molecular flexibility index (Phi) is 2.15. The predicted octanol–water partition coefficient (Wildman–Crippen LogP) is 2.73. The van der Waals surface area contributed by atoms with Crippen molar-refractivity contribution in [3.8, 4) is 0 Å². The summed E-state index contributed by atoms with van der Waals surface area (Å²) in [6.45, 7) is 6.77. The molecule has 0 saturated heterocycles. The third kappa shape index (κ3) is 2.53. The molecule has 1 unspecified atom stereocenters. The standard InChI is InChI=1S/C8H14NP/c1-8(2,3)10-9-6-4-5-7-9/h4-7,10H,1-3H3. The van der Waals surface area contributed by atoms with Gasteiger partial charge in [-0.2, -0.15) is 0 Å². The first-order valence-corrected chi connectivity index (χ1v) is 4.44. The maximum atomic E-state index is 2.26. The second-order valence-electron chi connectivity index (χ2n) is 3.45. The Balaban J connectivity index is 2.57. The smallest absolute Gasteiger partial charge is 0.00709 e. The third-order valence-electron chi connectivity index (χ3n) is 1.07. The van der Waals surface area contributed by atoms with E-state index in [2.05, 4.69) is 49.6 Å². The summed E-state index contributed by atoms with van der Waals surface area (Å²) in [7, 11) is 0.855. The van der Waals surface area contributed by atoms with Gasteiger partial charge in [0.05, 0.1) is 0 Å². The zero-order valence-electron chi connectivity index (χ0n) is 6.76. The van der Waals surface area contributed by atoms with Crippen LogP contribution in [0.2, 0.25) is 0 Å². The first kappa shape index (κ1) is 7.81. The molecule has 1 atom stereocenters. The molecular weight excluding hydrogens is 141 g/mol. The highest BCUT2D eigenvalue weighted by molar-refractivity contribution is 7.38. The monoisotopic (exact) mass is 155 g/mol. The molecule has 0 aliphatic carbocycles. The minimum Gasteiger partial charge on any atom is -0.335 e. The van der Waals surface area contributed by atoms with Gasteiger partial charge in [0.2, 0.25) is 0 Å². The van der Waals surface area contributed by atoms with Crippen LogP contribution < -0.4 is 0 Å². The Morgan fingerprint density at radius 1 is 1.10 bits per heavy atom. The molecule has 1 rings (SSSR count). The Labute approximate surface area is 64.3 Å². The van der Waals surface area contributed by atoms with E-state index >= 15 is 0 Å². The Morgan fingerprint density at radius 3 is 2.00 bits per heavy atom. The lowest BCUT2D eigenvalue weighted by atomic mass is 10.3. The average molecular weight is 155 g/mol. The second kappa shape index (κ2) is 2.75. The molecule has 0 aliphatic rings. The second-order valence-corrected chi connectivity index (χ2v) is 5.69. The van der Waals surface area contributed by atoms with Gasteiger partial charge in [0, 0.05) is 12.4 Å². The van der Waals surface area contributed by atoms with Gasteiger partial charge in [-0.05, 0) is 26.0 Å². The molecule has 0 radical (unpaired) electrons. The molecule has 10 heavy (non-hydrogen) atoms. The van der Waals surface area contributed by atoms with Crippen molar-refractivity contribution in [1.29, 1.82) is 0 Å². The van der Waals surface area contributed by atoms with E-state index in [1.807, 2.05) is 0 Å². The molecule has 56 valence electrons. The van der Waals surface area contributed by atoms with Gasteiger partial charge in [0.25, 0.3) is 0 Å². The molecule has 0 bridgehead atoms. The number of hydrogen-bond donors (Lipinski definition) is 0. The minimum absolute atomic E-state index is 0.416. The summed E-state index contributed by atoms with van der Waals surface area (Å²) in [5.41, 5.74) is 0. The summed E-state index contributed by atoms with van der Waals surface area (Å²) in [4.78, 5) is 0. The van der Waals surface area contributed by atoms with Crippen molar-refractivity contribution in [3.05, 3.63) is 24.5 Å². The SMILES string of the molecule is CC(C)(C)Pn1cccc1. The van der Waals surface area contributed by atoms with Crippen LogP contribution in [0.1, 0.15) is 20.8 Å². The summed E-state index contributed by atoms with van der Waals surface area (Å²) >= 11 is 0. The molecule has 0 amide bonds. The van der Waals surface area contributed by atoms with Crippen LogP contribution in [0.5, 0.6) is 0 Å². The fraction of sp³-hybridized carbons (Fsp3) is 0.500. The topological polar surface area (TPSA) is 4.93 Å². The maximum Gasteiger partial charge on any atom is 0.00709 e. The molecule has 1 nitrogen and oxygen atoms in total. The van der Waals surface area contributed by atoms with E-state index in [0.29, 0.717) is 5.16 Å². The average Bonchev–Trinajstić information content (AvgIpc) is 2.12. The van der Waals surface area contributed by atoms with E-state index in [1.165, 1.54) is 0 Å². The quantitative estimate of drug-likeness (QED) is 0.549. The largest absolute Gasteiger partial charge is 0.335 e. The van der Waals surface area contributed by atoms with Crippen LogP contribution >= 0.6 is 8.73 Å². The lowest BCUT2D eigenvalue weighted by Gasteiger charge is -2.18. The number of rotatable bonds is 1. The van der Waals surface area contributed by atoms with Crippen LogP contribution in [0.25, 0.3) is 0 Å². The van der Waals surface area contributed by atoms with Crippen molar-refractivity contribution < 1.29 is 0 Å². The number of hydrogen-bond acceptors (Lipinski definition) is 0. The first-order valence-electron chi connectivity index (χ1n) is 3.49. The highest BCUT2D eigenvalue weighted by atomic mass is 31.1. The highest BCUT2D eigenvalue weighted by Crippen LogP contribution is 2.31. The Bertz CT molecular complexity index is 184. The van der Waals surface area contributed by atoms with Gasteiger partial charge < -0.3 is 4.34 Å². The molecule has 1 aromatic heterocycles. The van der Waals surface area contributed by atoms with Crippen molar-refractivity contribution in [1.82, 2.24) is 4.34 Å². The molecule has 1 aromatic rings. The third-order valence-corrected chi connectivity index (χ3v) is 2.30. The zero-order valence-corrected chi connectivity index (χ0v) is 7.76. The van der Waals surface area contributed by atoms with Crippen molar-refractivity contribution in [3.63, 3.8) is 0 Å². The van der Waals surface area contributed by atoms with Crippen LogP contribution in [-0.4, -0.2) is 9.49 Å². The van der Waals surface area contributed by atoms with Crippen molar-refractivity contribution in [2.24, 2.45) is 0 Å². The molecule has 0 saturated carbocycles. The first-order chi connectivity index (χ1) is 4.58. The zero-order chi connectivity index (χ0) is 7.61. The Hall–Kier alpha value is -0.290. The highest BCUT2D eigenvalue weighted by Gasteiger charge is 2.09. The van der Waals surface area contributed by atoms with Crippen LogP contribution in [-0.2, 0) is 0 Å². The van der Waals surface area contributed by atoms with Crippen molar-refractivity contribution in [2.45, 2.75) is 25.9 Å². The minimum atomic E-state index is 0.416. The summed E-state index contributed by atoms with van der Waals surface area (Å²) in [6, 6.07) is 4.14. The lowest BCUT2D eigenvalue weighted by Crippen LogP contribution is -2.06. The van der Waals surface area contributed by atoms with Gasteiger partial charge >= 0.3 is 0 Å². The van der Waals surface area contributed by atoms with Crippen LogP contribution in [0, 0.1) is 0 Å². The molecule has 0 fully saturated rings. The van der Waals surface area contributed by atoms with Crippen molar-refractivity contribution >= 4 is 8.73 Å². The van der Waals surface area contributed by atoms with Gasteiger partial charge in [-0.3, -0.25) is 0 Å². The lowest BCUT2D eigenvalue weighted by molar-refractivity contribution is 0.785. The van der Waals surface area contributed by atoms with Gasteiger partial charge in [0.1, 0.15) is 0 Å². The van der Waals surface area contributed by atoms with Gasteiger partial charge in [-0.1, -0.05) is 20.8 Å². The van der Waals surface area contributed by atoms with Gasteiger partial charge in [-0.25, -0.2) is 0 Å². The summed E-state index contributed by atoms with van der Waals surface area (Å²) in [6.07, 6.45) is 4.23. The summed E-state index contributed by atoms with van der Waals surface area (Å²) in [5, 5.41) is 0.416. The summed E-state index contributed by atoms with van der Waals surface area (Å²) < 4.78 is 2.24. The summed E-state index contributed by atoms with van der Waals surface area (Å²) in [5.74, 6) is 0. The van der Waals surface area contributed by atoms with Crippen LogP contribution in [0.4, 0.5) is 0 Å². The molecule has 1 heterocycles. The predicted molar refractivity (Wildman–Crippen MR) is 47.9 cm³/mol.